The summed E-state index contributed by atoms with van der Waals surface area (Å²) in [7, 11) is 1.99. The molecular weight excluding hydrogens is 224 g/mol. The van der Waals surface area contributed by atoms with Gasteiger partial charge in [0.15, 0.2) is 11.6 Å². The Morgan fingerprint density at radius 2 is 1.94 bits per heavy atom. The summed E-state index contributed by atoms with van der Waals surface area (Å²) in [6.07, 6.45) is 1.38. The maximum absolute atomic E-state index is 13.5. The summed E-state index contributed by atoms with van der Waals surface area (Å²) in [5.74, 6) is -1.68. The summed E-state index contributed by atoms with van der Waals surface area (Å²) in [6.45, 7) is 1.57. The SMILES string of the molecule is CN1CCC(O)(Cc2cccc(F)c2F)CC1. The molecule has 1 aliphatic rings. The lowest BCUT2D eigenvalue weighted by Crippen LogP contribution is -2.44. The van der Waals surface area contributed by atoms with Crippen LogP contribution in [0, 0.1) is 11.6 Å². The minimum atomic E-state index is -0.902. The Kier molecular flexibility index (Phi) is 3.45. The highest BCUT2D eigenvalue weighted by atomic mass is 19.2. The number of benzene rings is 1. The van der Waals surface area contributed by atoms with Crippen molar-refractivity contribution in [3.8, 4) is 0 Å². The lowest BCUT2D eigenvalue weighted by molar-refractivity contribution is -0.0157. The number of aliphatic hydroxyl groups is 1. The molecule has 0 spiro atoms. The van der Waals surface area contributed by atoms with Gasteiger partial charge in [-0.3, -0.25) is 0 Å². The van der Waals surface area contributed by atoms with Gasteiger partial charge in [0, 0.05) is 19.5 Å². The highest BCUT2D eigenvalue weighted by Crippen LogP contribution is 2.27. The summed E-state index contributed by atoms with van der Waals surface area (Å²) in [4.78, 5) is 2.12. The molecule has 2 rings (SSSR count). The second kappa shape index (κ2) is 4.70. The molecule has 0 aliphatic carbocycles. The van der Waals surface area contributed by atoms with Crippen molar-refractivity contribution in [2.24, 2.45) is 0 Å². The number of likely N-dealkylation sites (tertiary alicyclic amines) is 1. The second-order valence-corrected chi connectivity index (χ2v) is 4.92. The van der Waals surface area contributed by atoms with Crippen molar-refractivity contribution in [1.29, 1.82) is 0 Å². The minimum absolute atomic E-state index is 0.185. The number of piperidine rings is 1. The quantitative estimate of drug-likeness (QED) is 0.855. The Labute approximate surface area is 99.9 Å². The Morgan fingerprint density at radius 1 is 1.29 bits per heavy atom. The van der Waals surface area contributed by atoms with Crippen LogP contribution in [0.3, 0.4) is 0 Å². The van der Waals surface area contributed by atoms with E-state index in [1.54, 1.807) is 0 Å². The topological polar surface area (TPSA) is 23.5 Å². The molecular formula is C13H17F2NO. The molecule has 0 aromatic heterocycles. The van der Waals surface area contributed by atoms with E-state index in [4.69, 9.17) is 0 Å². The van der Waals surface area contributed by atoms with Crippen molar-refractivity contribution in [2.75, 3.05) is 20.1 Å². The maximum atomic E-state index is 13.5. The smallest absolute Gasteiger partial charge is 0.162 e. The molecule has 1 heterocycles. The average Bonchev–Trinajstić information content (AvgIpc) is 2.30. The van der Waals surface area contributed by atoms with Crippen molar-refractivity contribution in [1.82, 2.24) is 4.90 Å². The number of halogens is 2. The van der Waals surface area contributed by atoms with Crippen LogP contribution in [0.4, 0.5) is 8.78 Å². The summed E-state index contributed by atoms with van der Waals surface area (Å²) in [5.41, 5.74) is -0.640. The zero-order valence-electron chi connectivity index (χ0n) is 9.92. The lowest BCUT2D eigenvalue weighted by atomic mass is 9.85. The molecule has 17 heavy (non-hydrogen) atoms. The molecule has 1 aliphatic heterocycles. The van der Waals surface area contributed by atoms with Gasteiger partial charge in [-0.25, -0.2) is 8.78 Å². The molecule has 0 bridgehead atoms. The van der Waals surface area contributed by atoms with E-state index in [0.717, 1.165) is 19.2 Å². The van der Waals surface area contributed by atoms with Crippen LogP contribution in [0.15, 0.2) is 18.2 Å². The van der Waals surface area contributed by atoms with Gasteiger partial charge in [0.25, 0.3) is 0 Å². The Hall–Kier alpha value is -1.00. The zero-order chi connectivity index (χ0) is 12.5. The van der Waals surface area contributed by atoms with Gasteiger partial charge in [-0.1, -0.05) is 12.1 Å². The van der Waals surface area contributed by atoms with Gasteiger partial charge in [-0.2, -0.15) is 0 Å². The molecule has 1 N–H and O–H groups in total. The molecule has 4 heteroatoms. The van der Waals surface area contributed by atoms with Crippen molar-refractivity contribution in [2.45, 2.75) is 24.9 Å². The van der Waals surface area contributed by atoms with Crippen LogP contribution in [0.2, 0.25) is 0 Å². The van der Waals surface area contributed by atoms with Gasteiger partial charge < -0.3 is 10.0 Å². The predicted molar refractivity (Wildman–Crippen MR) is 61.7 cm³/mol. The third kappa shape index (κ3) is 2.82. The third-order valence-electron chi connectivity index (χ3n) is 3.47. The monoisotopic (exact) mass is 241 g/mol. The number of hydrogen-bond donors (Lipinski definition) is 1. The van der Waals surface area contributed by atoms with Crippen LogP contribution in [0.25, 0.3) is 0 Å². The first-order valence-corrected chi connectivity index (χ1v) is 5.84. The molecule has 0 atom stereocenters. The third-order valence-corrected chi connectivity index (χ3v) is 3.47. The molecule has 2 nitrogen and oxygen atoms in total. The van der Waals surface area contributed by atoms with Crippen LogP contribution in [0.5, 0.6) is 0 Å². The number of rotatable bonds is 2. The molecule has 94 valence electrons. The van der Waals surface area contributed by atoms with Crippen molar-refractivity contribution in [3.05, 3.63) is 35.4 Å². The van der Waals surface area contributed by atoms with E-state index in [2.05, 4.69) is 4.90 Å². The van der Waals surface area contributed by atoms with Crippen LogP contribution in [0.1, 0.15) is 18.4 Å². The highest BCUT2D eigenvalue weighted by Gasteiger charge is 2.32. The normalized spacial score (nSPS) is 20.5. The van der Waals surface area contributed by atoms with Gasteiger partial charge >= 0.3 is 0 Å². The first-order chi connectivity index (χ1) is 8.00. The summed E-state index contributed by atoms with van der Waals surface area (Å²) in [5, 5.41) is 10.3. The fourth-order valence-corrected chi connectivity index (χ4v) is 2.25. The fraction of sp³-hybridized carbons (Fsp3) is 0.538. The zero-order valence-corrected chi connectivity index (χ0v) is 9.92. The largest absolute Gasteiger partial charge is 0.389 e. The fourth-order valence-electron chi connectivity index (χ4n) is 2.25. The van der Waals surface area contributed by atoms with Crippen molar-refractivity contribution >= 4 is 0 Å². The standard InChI is InChI=1S/C13H17F2NO/c1-16-7-5-13(17,6-8-16)9-10-3-2-4-11(14)12(10)15/h2-4,17H,5-9H2,1H3. The molecule has 0 amide bonds. The van der Waals surface area contributed by atoms with Crippen LogP contribution in [-0.2, 0) is 6.42 Å². The van der Waals surface area contributed by atoms with Gasteiger partial charge in [0.2, 0.25) is 0 Å². The Bertz CT molecular complexity index is 400. The summed E-state index contributed by atoms with van der Waals surface area (Å²) in [6, 6.07) is 4.11. The Balaban J connectivity index is 2.12. The summed E-state index contributed by atoms with van der Waals surface area (Å²) < 4.78 is 26.6. The van der Waals surface area contributed by atoms with Gasteiger partial charge in [-0.15, -0.1) is 0 Å². The molecule has 1 fully saturated rings. The first-order valence-electron chi connectivity index (χ1n) is 5.84. The molecule has 0 saturated carbocycles. The van der Waals surface area contributed by atoms with Crippen molar-refractivity contribution < 1.29 is 13.9 Å². The second-order valence-electron chi connectivity index (χ2n) is 4.92. The van der Waals surface area contributed by atoms with E-state index in [1.807, 2.05) is 7.05 Å². The maximum Gasteiger partial charge on any atom is 0.162 e. The molecule has 1 saturated heterocycles. The van der Waals surface area contributed by atoms with Gasteiger partial charge in [0.05, 0.1) is 5.60 Å². The van der Waals surface area contributed by atoms with Crippen molar-refractivity contribution in [3.63, 3.8) is 0 Å². The van der Waals surface area contributed by atoms with E-state index in [0.29, 0.717) is 12.8 Å². The van der Waals surface area contributed by atoms with Gasteiger partial charge in [0.1, 0.15) is 0 Å². The van der Waals surface area contributed by atoms with E-state index in [9.17, 15) is 13.9 Å². The van der Waals surface area contributed by atoms with Crippen LogP contribution < -0.4 is 0 Å². The van der Waals surface area contributed by atoms with Gasteiger partial charge in [-0.05, 0) is 31.5 Å². The van der Waals surface area contributed by atoms with E-state index >= 15 is 0 Å². The van der Waals surface area contributed by atoms with Crippen LogP contribution >= 0.6 is 0 Å². The van der Waals surface area contributed by atoms with E-state index < -0.39 is 17.2 Å². The lowest BCUT2D eigenvalue weighted by Gasteiger charge is -2.36. The summed E-state index contributed by atoms with van der Waals surface area (Å²) >= 11 is 0. The predicted octanol–water partition coefficient (Wildman–Crippen LogP) is 1.96. The number of nitrogens with zero attached hydrogens (tertiary/aromatic N) is 1. The molecule has 1 aromatic carbocycles. The highest BCUT2D eigenvalue weighted by molar-refractivity contribution is 5.21. The van der Waals surface area contributed by atoms with E-state index in [1.165, 1.54) is 12.1 Å². The Morgan fingerprint density at radius 3 is 2.59 bits per heavy atom. The van der Waals surface area contributed by atoms with Crippen LogP contribution in [-0.4, -0.2) is 35.7 Å². The first kappa shape index (κ1) is 12.5. The minimum Gasteiger partial charge on any atom is -0.389 e. The molecule has 0 unspecified atom stereocenters. The molecule has 0 radical (unpaired) electrons. The average molecular weight is 241 g/mol. The molecule has 1 aromatic rings. The number of hydrogen-bond acceptors (Lipinski definition) is 2. The van der Waals surface area contributed by atoms with E-state index in [-0.39, 0.29) is 12.0 Å².